The molecular formula is C13H15N3O4. The van der Waals surface area contributed by atoms with Crippen LogP contribution in [0.4, 0.5) is 0 Å². The van der Waals surface area contributed by atoms with Crippen LogP contribution in [0.25, 0.3) is 0 Å². The summed E-state index contributed by atoms with van der Waals surface area (Å²) < 4.78 is 0. The summed E-state index contributed by atoms with van der Waals surface area (Å²) in [5.41, 5.74) is 5.04. The Labute approximate surface area is 115 Å². The number of pyridine rings is 1. The number of hydrogen-bond acceptors (Lipinski definition) is 4. The molecule has 1 aromatic heterocycles. The second-order valence-electron chi connectivity index (χ2n) is 4.67. The van der Waals surface area contributed by atoms with Gasteiger partial charge in [0.2, 0.25) is 5.91 Å². The first-order valence-corrected chi connectivity index (χ1v) is 6.27. The van der Waals surface area contributed by atoms with Crippen LogP contribution >= 0.6 is 0 Å². The first-order chi connectivity index (χ1) is 9.50. The van der Waals surface area contributed by atoms with Gasteiger partial charge in [-0.25, -0.2) is 4.79 Å². The summed E-state index contributed by atoms with van der Waals surface area (Å²) in [6, 6.07) is 2.82. The number of primary amides is 1. The monoisotopic (exact) mass is 277 g/mol. The Kier molecular flexibility index (Phi) is 3.97. The molecule has 0 aliphatic carbocycles. The molecule has 1 saturated heterocycles. The molecule has 1 aromatic rings. The maximum absolute atomic E-state index is 12.3. The van der Waals surface area contributed by atoms with Crippen molar-refractivity contribution in [2.24, 2.45) is 11.7 Å². The van der Waals surface area contributed by atoms with Gasteiger partial charge in [-0.15, -0.1) is 0 Å². The lowest BCUT2D eigenvalue weighted by atomic mass is 9.96. The fraction of sp³-hybridized carbons (Fsp3) is 0.385. The van der Waals surface area contributed by atoms with E-state index in [0.717, 1.165) is 0 Å². The number of carbonyl (C=O) groups excluding carboxylic acids is 2. The molecule has 106 valence electrons. The zero-order valence-electron chi connectivity index (χ0n) is 10.8. The van der Waals surface area contributed by atoms with Gasteiger partial charge in [-0.2, -0.15) is 0 Å². The minimum atomic E-state index is -1.19. The van der Waals surface area contributed by atoms with Gasteiger partial charge in [-0.3, -0.25) is 14.6 Å². The molecule has 0 atom stereocenters. The molecule has 0 aromatic carbocycles. The zero-order chi connectivity index (χ0) is 14.7. The van der Waals surface area contributed by atoms with Crippen molar-refractivity contribution >= 4 is 17.8 Å². The Hall–Kier alpha value is -2.44. The van der Waals surface area contributed by atoms with Crippen LogP contribution < -0.4 is 5.73 Å². The highest BCUT2D eigenvalue weighted by molar-refractivity contribution is 6.03. The van der Waals surface area contributed by atoms with Crippen LogP contribution in [0.2, 0.25) is 0 Å². The molecule has 1 aliphatic heterocycles. The Morgan fingerprint density at radius 1 is 1.30 bits per heavy atom. The lowest BCUT2D eigenvalue weighted by Crippen LogP contribution is -2.42. The van der Waals surface area contributed by atoms with E-state index in [1.54, 1.807) is 0 Å². The van der Waals surface area contributed by atoms with E-state index in [1.807, 2.05) is 0 Å². The van der Waals surface area contributed by atoms with Crippen LogP contribution in [0.3, 0.4) is 0 Å². The van der Waals surface area contributed by atoms with Crippen LogP contribution in [0.1, 0.15) is 33.7 Å². The Morgan fingerprint density at radius 3 is 2.50 bits per heavy atom. The van der Waals surface area contributed by atoms with Crippen molar-refractivity contribution in [3.8, 4) is 0 Å². The fourth-order valence-corrected chi connectivity index (χ4v) is 2.27. The molecule has 1 fully saturated rings. The van der Waals surface area contributed by atoms with Crippen molar-refractivity contribution in [3.05, 3.63) is 29.6 Å². The summed E-state index contributed by atoms with van der Waals surface area (Å²) in [7, 11) is 0. The Morgan fingerprint density at radius 2 is 1.95 bits per heavy atom. The highest BCUT2D eigenvalue weighted by Crippen LogP contribution is 2.19. The molecule has 0 radical (unpaired) electrons. The number of likely N-dealkylation sites (tertiary alicyclic amines) is 1. The summed E-state index contributed by atoms with van der Waals surface area (Å²) >= 11 is 0. The predicted octanol–water partition coefficient (Wildman–Crippen LogP) is 0.117. The van der Waals surface area contributed by atoms with Crippen LogP contribution in [0.15, 0.2) is 18.3 Å². The highest BCUT2D eigenvalue weighted by Gasteiger charge is 2.29. The molecular weight excluding hydrogens is 262 g/mol. The minimum Gasteiger partial charge on any atom is -0.478 e. The standard InChI is InChI=1S/C13H15N3O4/c14-11(17)8-3-6-16(7-4-8)12(18)10-9(13(19)20)2-1-5-15-10/h1-2,5,8H,3-4,6-7H2,(H2,14,17)(H,19,20). The van der Waals surface area contributed by atoms with Crippen molar-refractivity contribution in [1.29, 1.82) is 0 Å². The van der Waals surface area contributed by atoms with Crippen LogP contribution in [-0.2, 0) is 4.79 Å². The molecule has 7 nitrogen and oxygen atoms in total. The average molecular weight is 277 g/mol. The van der Waals surface area contributed by atoms with Gasteiger partial charge in [0.15, 0.2) is 0 Å². The van der Waals surface area contributed by atoms with Crippen molar-refractivity contribution in [1.82, 2.24) is 9.88 Å². The topological polar surface area (TPSA) is 114 Å². The lowest BCUT2D eigenvalue weighted by Gasteiger charge is -2.30. The first kappa shape index (κ1) is 14.0. The van der Waals surface area contributed by atoms with Crippen LogP contribution in [-0.4, -0.2) is 45.9 Å². The second-order valence-corrected chi connectivity index (χ2v) is 4.67. The summed E-state index contributed by atoms with van der Waals surface area (Å²) in [5.74, 6) is -2.19. The third-order valence-electron chi connectivity index (χ3n) is 3.43. The average Bonchev–Trinajstić information content (AvgIpc) is 2.46. The van der Waals surface area contributed by atoms with E-state index in [9.17, 15) is 14.4 Å². The smallest absolute Gasteiger partial charge is 0.338 e. The molecule has 3 N–H and O–H groups in total. The van der Waals surface area contributed by atoms with Gasteiger partial charge in [0, 0.05) is 25.2 Å². The van der Waals surface area contributed by atoms with Crippen LogP contribution in [0.5, 0.6) is 0 Å². The Balaban J connectivity index is 2.13. The van der Waals surface area contributed by atoms with E-state index >= 15 is 0 Å². The SMILES string of the molecule is NC(=O)C1CCN(C(=O)c2ncccc2C(=O)O)CC1. The van der Waals surface area contributed by atoms with Gasteiger partial charge in [-0.1, -0.05) is 0 Å². The van der Waals surface area contributed by atoms with Gasteiger partial charge >= 0.3 is 5.97 Å². The first-order valence-electron chi connectivity index (χ1n) is 6.27. The third-order valence-corrected chi connectivity index (χ3v) is 3.43. The van der Waals surface area contributed by atoms with E-state index in [2.05, 4.69) is 4.98 Å². The molecule has 0 saturated carbocycles. The highest BCUT2D eigenvalue weighted by atomic mass is 16.4. The largest absolute Gasteiger partial charge is 0.478 e. The van der Waals surface area contributed by atoms with Gasteiger partial charge in [0.1, 0.15) is 5.69 Å². The van der Waals surface area contributed by atoms with E-state index in [1.165, 1.54) is 23.2 Å². The van der Waals surface area contributed by atoms with E-state index < -0.39 is 11.9 Å². The number of aromatic carboxylic acids is 1. The van der Waals surface area contributed by atoms with Crippen molar-refractivity contribution in [2.75, 3.05) is 13.1 Å². The molecule has 7 heteroatoms. The van der Waals surface area contributed by atoms with Crippen molar-refractivity contribution in [2.45, 2.75) is 12.8 Å². The van der Waals surface area contributed by atoms with Gasteiger partial charge in [0.05, 0.1) is 5.56 Å². The van der Waals surface area contributed by atoms with Crippen LogP contribution in [0, 0.1) is 5.92 Å². The maximum Gasteiger partial charge on any atom is 0.338 e. The number of nitrogens with zero attached hydrogens (tertiary/aromatic N) is 2. The molecule has 2 heterocycles. The van der Waals surface area contributed by atoms with Crippen molar-refractivity contribution in [3.63, 3.8) is 0 Å². The van der Waals surface area contributed by atoms with Crippen molar-refractivity contribution < 1.29 is 19.5 Å². The summed E-state index contributed by atoms with van der Waals surface area (Å²) in [6.45, 7) is 0.754. The number of carboxylic acids is 1. The number of nitrogens with two attached hydrogens (primary N) is 1. The zero-order valence-corrected chi connectivity index (χ0v) is 10.8. The molecule has 2 amide bonds. The second kappa shape index (κ2) is 5.68. The summed E-state index contributed by atoms with van der Waals surface area (Å²) in [5, 5.41) is 9.06. The Bertz CT molecular complexity index is 550. The summed E-state index contributed by atoms with van der Waals surface area (Å²) in [4.78, 5) is 39.8. The normalized spacial score (nSPS) is 15.9. The quantitative estimate of drug-likeness (QED) is 0.814. The maximum atomic E-state index is 12.3. The molecule has 20 heavy (non-hydrogen) atoms. The van der Waals surface area contributed by atoms with E-state index in [0.29, 0.717) is 25.9 Å². The number of piperidine rings is 1. The molecule has 1 aliphatic rings. The van der Waals surface area contributed by atoms with Gasteiger partial charge in [0.25, 0.3) is 5.91 Å². The minimum absolute atomic E-state index is 0.0717. The number of carboxylic acid groups (broad SMARTS) is 1. The number of rotatable bonds is 3. The molecule has 0 spiro atoms. The molecule has 0 bridgehead atoms. The molecule has 2 rings (SSSR count). The number of hydrogen-bond donors (Lipinski definition) is 2. The number of amides is 2. The third kappa shape index (κ3) is 2.76. The number of carbonyl (C=O) groups is 3. The fourth-order valence-electron chi connectivity index (χ4n) is 2.27. The predicted molar refractivity (Wildman–Crippen MR) is 69.0 cm³/mol. The van der Waals surface area contributed by atoms with Gasteiger partial charge < -0.3 is 15.7 Å². The summed E-state index contributed by atoms with van der Waals surface area (Å²) in [6.07, 6.45) is 2.38. The van der Waals surface area contributed by atoms with Gasteiger partial charge in [-0.05, 0) is 25.0 Å². The number of aromatic nitrogens is 1. The lowest BCUT2D eigenvalue weighted by molar-refractivity contribution is -0.123. The van der Waals surface area contributed by atoms with E-state index in [4.69, 9.17) is 10.8 Å². The molecule has 0 unspecified atom stereocenters. The van der Waals surface area contributed by atoms with E-state index in [-0.39, 0.29) is 23.1 Å².